The van der Waals surface area contributed by atoms with Crippen molar-refractivity contribution in [2.45, 2.75) is 18.7 Å². The molecule has 3 N–H and O–H groups in total. The fourth-order valence-corrected chi connectivity index (χ4v) is 2.22. The number of nitrogens with zero attached hydrogens (tertiary/aromatic N) is 1. The molecule has 112 valence electrons. The molecule has 1 aromatic heterocycles. The maximum Gasteiger partial charge on any atom is 0.293 e. The molecule has 0 saturated carbocycles. The number of carbonyl (C=O) groups excluding carboxylic acids is 1. The minimum absolute atomic E-state index is 0.0394. The Morgan fingerprint density at radius 1 is 1.38 bits per heavy atom. The maximum absolute atomic E-state index is 13.8. The number of anilines is 1. The Bertz CT molecular complexity index is 814. The zero-order valence-electron chi connectivity index (χ0n) is 11.2. The van der Waals surface area contributed by atoms with Crippen molar-refractivity contribution in [2.24, 2.45) is 5.14 Å². The van der Waals surface area contributed by atoms with E-state index in [9.17, 15) is 17.6 Å². The van der Waals surface area contributed by atoms with Gasteiger partial charge in [0.2, 0.25) is 15.8 Å². The highest BCUT2D eigenvalue weighted by Gasteiger charge is 2.18. The first-order valence-corrected chi connectivity index (χ1v) is 7.31. The van der Waals surface area contributed by atoms with Gasteiger partial charge in [-0.25, -0.2) is 22.9 Å². The topological polar surface area (TPSA) is 115 Å². The number of hydrogen-bond donors (Lipinski definition) is 2. The molecule has 1 aromatic carbocycles. The average Bonchev–Trinajstić information content (AvgIpc) is 2.69. The van der Waals surface area contributed by atoms with Crippen molar-refractivity contribution in [1.29, 1.82) is 0 Å². The number of oxazole rings is 1. The lowest BCUT2D eigenvalue weighted by molar-refractivity contribution is 0.0994. The summed E-state index contributed by atoms with van der Waals surface area (Å²) in [7, 11) is -4.01. The number of carbonyl (C=O) groups is 1. The van der Waals surface area contributed by atoms with Crippen molar-refractivity contribution in [3.63, 3.8) is 0 Å². The zero-order chi connectivity index (χ0) is 15.8. The molecule has 1 amide bonds. The Balaban J connectivity index is 2.28. The summed E-state index contributed by atoms with van der Waals surface area (Å²) in [5.41, 5.74) is 0.174. The van der Waals surface area contributed by atoms with Crippen LogP contribution in [-0.4, -0.2) is 19.3 Å². The minimum Gasteiger partial charge on any atom is -0.436 e. The number of nitrogens with one attached hydrogen (secondary N) is 1. The predicted molar refractivity (Wildman–Crippen MR) is 71.7 cm³/mol. The van der Waals surface area contributed by atoms with Gasteiger partial charge in [0.1, 0.15) is 5.82 Å². The molecule has 0 atom stereocenters. The van der Waals surface area contributed by atoms with Gasteiger partial charge in [0, 0.05) is 6.92 Å². The lowest BCUT2D eigenvalue weighted by atomic mass is 10.3. The number of amides is 1. The smallest absolute Gasteiger partial charge is 0.293 e. The van der Waals surface area contributed by atoms with Gasteiger partial charge in [0.25, 0.3) is 5.91 Å². The summed E-state index contributed by atoms with van der Waals surface area (Å²) < 4.78 is 41.1. The normalized spacial score (nSPS) is 11.4. The van der Waals surface area contributed by atoms with Gasteiger partial charge in [0.15, 0.2) is 5.89 Å². The van der Waals surface area contributed by atoms with Gasteiger partial charge in [-0.15, -0.1) is 0 Å². The van der Waals surface area contributed by atoms with Gasteiger partial charge in [-0.1, -0.05) is 0 Å². The highest BCUT2D eigenvalue weighted by Crippen LogP contribution is 2.20. The van der Waals surface area contributed by atoms with E-state index in [1.807, 2.05) is 0 Å². The lowest BCUT2D eigenvalue weighted by Crippen LogP contribution is -2.15. The Kier molecular flexibility index (Phi) is 3.79. The van der Waals surface area contributed by atoms with Crippen LogP contribution in [0.1, 0.15) is 22.1 Å². The van der Waals surface area contributed by atoms with Gasteiger partial charge in [0.05, 0.1) is 16.3 Å². The summed E-state index contributed by atoms with van der Waals surface area (Å²) >= 11 is 0. The van der Waals surface area contributed by atoms with Crippen LogP contribution in [0.25, 0.3) is 0 Å². The second-order valence-corrected chi connectivity index (χ2v) is 5.85. The van der Waals surface area contributed by atoms with Crippen molar-refractivity contribution in [3.8, 4) is 0 Å². The largest absolute Gasteiger partial charge is 0.436 e. The van der Waals surface area contributed by atoms with E-state index in [1.165, 1.54) is 0 Å². The number of sulfonamides is 1. The molecule has 0 fully saturated rings. The summed E-state index contributed by atoms with van der Waals surface area (Å²) in [6.45, 7) is 3.15. The molecular weight excluding hydrogens is 301 g/mol. The van der Waals surface area contributed by atoms with Crippen LogP contribution in [0.5, 0.6) is 0 Å². The molecule has 2 rings (SSSR count). The van der Waals surface area contributed by atoms with Crippen molar-refractivity contribution in [2.75, 3.05) is 5.32 Å². The second-order valence-electron chi connectivity index (χ2n) is 4.29. The first kappa shape index (κ1) is 15.1. The molecule has 0 unspecified atom stereocenters. The van der Waals surface area contributed by atoms with Crippen LogP contribution in [0.2, 0.25) is 0 Å². The molecule has 0 spiro atoms. The Hall–Kier alpha value is -2.26. The predicted octanol–water partition coefficient (Wildman–Crippen LogP) is 1.33. The Morgan fingerprint density at radius 2 is 2.05 bits per heavy atom. The number of nitrogens with two attached hydrogens (primary N) is 1. The van der Waals surface area contributed by atoms with Gasteiger partial charge in [-0.3, -0.25) is 4.79 Å². The molecule has 0 aliphatic heterocycles. The molecule has 7 nitrogen and oxygen atoms in total. The van der Waals surface area contributed by atoms with Gasteiger partial charge in [-0.2, -0.15) is 0 Å². The lowest BCUT2D eigenvalue weighted by Gasteiger charge is -2.06. The SMILES string of the molecule is Cc1nc(C)c(C(=O)Nc2ccc(S(N)(=O)=O)cc2F)o1. The van der Waals surface area contributed by atoms with E-state index in [4.69, 9.17) is 9.56 Å². The van der Waals surface area contributed by atoms with Crippen LogP contribution >= 0.6 is 0 Å². The van der Waals surface area contributed by atoms with Crippen molar-refractivity contribution < 1.29 is 22.0 Å². The Labute approximate surface area is 120 Å². The van der Waals surface area contributed by atoms with E-state index in [-0.39, 0.29) is 16.3 Å². The van der Waals surface area contributed by atoms with Crippen molar-refractivity contribution >= 4 is 21.6 Å². The molecule has 0 aliphatic rings. The van der Waals surface area contributed by atoms with Gasteiger partial charge in [-0.05, 0) is 25.1 Å². The average molecular weight is 313 g/mol. The van der Waals surface area contributed by atoms with Crippen molar-refractivity contribution in [1.82, 2.24) is 4.98 Å². The standard InChI is InChI=1S/C12H12FN3O4S/c1-6-11(20-7(2)15-6)12(17)16-10-4-3-8(5-9(10)13)21(14,18)19/h3-5H,1-2H3,(H,16,17)(H2,14,18,19). The molecule has 21 heavy (non-hydrogen) atoms. The first-order chi connectivity index (χ1) is 9.68. The third kappa shape index (κ3) is 3.26. The molecule has 0 radical (unpaired) electrons. The van der Waals surface area contributed by atoms with E-state index < -0.39 is 21.7 Å². The van der Waals surface area contributed by atoms with Crippen molar-refractivity contribution in [3.05, 3.63) is 41.4 Å². The third-order valence-corrected chi connectivity index (χ3v) is 3.54. The van der Waals surface area contributed by atoms with Crippen LogP contribution in [-0.2, 0) is 10.0 Å². The van der Waals surface area contributed by atoms with Gasteiger partial charge >= 0.3 is 0 Å². The fraction of sp³-hybridized carbons (Fsp3) is 0.167. The highest BCUT2D eigenvalue weighted by molar-refractivity contribution is 7.89. The van der Waals surface area contributed by atoms with E-state index in [1.54, 1.807) is 13.8 Å². The van der Waals surface area contributed by atoms with Crippen LogP contribution < -0.4 is 10.5 Å². The van der Waals surface area contributed by atoms with Crippen LogP contribution in [0, 0.1) is 19.7 Å². The number of aryl methyl sites for hydroxylation is 2. The van der Waals surface area contributed by atoms with E-state index in [0.717, 1.165) is 18.2 Å². The summed E-state index contributed by atoms with van der Waals surface area (Å²) in [5, 5.41) is 7.16. The zero-order valence-corrected chi connectivity index (χ0v) is 12.0. The van der Waals surface area contributed by atoms with Crippen LogP contribution in [0.3, 0.4) is 0 Å². The molecule has 2 aromatic rings. The second kappa shape index (κ2) is 5.26. The third-order valence-electron chi connectivity index (χ3n) is 2.63. The number of rotatable bonds is 3. The fourth-order valence-electron chi connectivity index (χ4n) is 1.70. The quantitative estimate of drug-likeness (QED) is 0.887. The maximum atomic E-state index is 13.8. The van der Waals surface area contributed by atoms with E-state index >= 15 is 0 Å². The number of benzene rings is 1. The molecule has 0 bridgehead atoms. The summed E-state index contributed by atoms with van der Waals surface area (Å²) in [4.78, 5) is 15.5. The summed E-state index contributed by atoms with van der Waals surface area (Å²) in [5.74, 6) is -1.34. The first-order valence-electron chi connectivity index (χ1n) is 5.76. The van der Waals surface area contributed by atoms with Gasteiger partial charge < -0.3 is 9.73 Å². The van der Waals surface area contributed by atoms with E-state index in [0.29, 0.717) is 11.6 Å². The highest BCUT2D eigenvalue weighted by atomic mass is 32.2. The van der Waals surface area contributed by atoms with E-state index in [2.05, 4.69) is 10.3 Å². The molecule has 0 saturated heterocycles. The molecule has 0 aliphatic carbocycles. The monoisotopic (exact) mass is 313 g/mol. The molecular formula is C12H12FN3O4S. The molecule has 9 heteroatoms. The number of hydrogen-bond acceptors (Lipinski definition) is 5. The molecule has 1 heterocycles. The van der Waals surface area contributed by atoms with Crippen LogP contribution in [0.15, 0.2) is 27.5 Å². The Morgan fingerprint density at radius 3 is 2.52 bits per heavy atom. The number of aromatic nitrogens is 1. The minimum atomic E-state index is -4.01. The number of halogens is 1. The summed E-state index contributed by atoms with van der Waals surface area (Å²) in [6, 6.07) is 2.92. The number of primary sulfonamides is 1. The summed E-state index contributed by atoms with van der Waals surface area (Å²) in [6.07, 6.45) is 0. The van der Waals surface area contributed by atoms with Crippen LogP contribution in [0.4, 0.5) is 10.1 Å².